The Morgan fingerprint density at radius 2 is 2.38 bits per heavy atom. The summed E-state index contributed by atoms with van der Waals surface area (Å²) in [5.41, 5.74) is 2.32. The molecule has 70 valence electrons. The standard InChI is InChI=1S/C11H16N2/c1-9-4-3-5-11(12-9)8-13-7-6-10(13)2/h3-5,10H,6-8H2,1-2H3/t10-/m0/s1. The van der Waals surface area contributed by atoms with E-state index in [0.717, 1.165) is 18.3 Å². The predicted molar refractivity (Wildman–Crippen MR) is 53.5 cm³/mol. The van der Waals surface area contributed by atoms with Crippen LogP contribution in [0.4, 0.5) is 0 Å². The first kappa shape index (κ1) is 8.70. The van der Waals surface area contributed by atoms with Crippen molar-refractivity contribution in [2.75, 3.05) is 6.54 Å². The summed E-state index contributed by atoms with van der Waals surface area (Å²) in [4.78, 5) is 6.95. The molecule has 13 heavy (non-hydrogen) atoms. The molecule has 2 heteroatoms. The fourth-order valence-electron chi connectivity index (χ4n) is 1.70. The van der Waals surface area contributed by atoms with Crippen LogP contribution in [0.3, 0.4) is 0 Å². The van der Waals surface area contributed by atoms with Crippen molar-refractivity contribution in [2.24, 2.45) is 0 Å². The minimum Gasteiger partial charge on any atom is -0.295 e. The highest BCUT2D eigenvalue weighted by molar-refractivity contribution is 5.10. The lowest BCUT2D eigenvalue weighted by Gasteiger charge is -2.38. The first-order valence-electron chi connectivity index (χ1n) is 4.92. The molecule has 0 N–H and O–H groups in total. The van der Waals surface area contributed by atoms with Crippen LogP contribution in [0, 0.1) is 6.92 Å². The van der Waals surface area contributed by atoms with Gasteiger partial charge < -0.3 is 0 Å². The fourth-order valence-corrected chi connectivity index (χ4v) is 1.70. The Morgan fingerprint density at radius 1 is 1.54 bits per heavy atom. The summed E-state index contributed by atoms with van der Waals surface area (Å²) in [6.07, 6.45) is 1.34. The first-order chi connectivity index (χ1) is 6.25. The van der Waals surface area contributed by atoms with Crippen molar-refractivity contribution in [1.82, 2.24) is 9.88 Å². The van der Waals surface area contributed by atoms with Crippen molar-refractivity contribution in [3.05, 3.63) is 29.6 Å². The van der Waals surface area contributed by atoms with Gasteiger partial charge in [-0.2, -0.15) is 0 Å². The molecule has 0 unspecified atom stereocenters. The molecule has 1 aliphatic heterocycles. The van der Waals surface area contributed by atoms with E-state index in [1.54, 1.807) is 0 Å². The number of aryl methyl sites for hydroxylation is 1. The van der Waals surface area contributed by atoms with E-state index in [1.807, 2.05) is 13.0 Å². The smallest absolute Gasteiger partial charge is 0.0547 e. The SMILES string of the molecule is Cc1cccc(CN2CC[C@@H]2C)n1. The molecule has 0 bridgehead atoms. The highest BCUT2D eigenvalue weighted by Crippen LogP contribution is 2.18. The Hall–Kier alpha value is -0.890. The molecular weight excluding hydrogens is 160 g/mol. The number of hydrogen-bond donors (Lipinski definition) is 0. The quantitative estimate of drug-likeness (QED) is 0.685. The summed E-state index contributed by atoms with van der Waals surface area (Å²) >= 11 is 0. The maximum absolute atomic E-state index is 4.49. The maximum Gasteiger partial charge on any atom is 0.0547 e. The van der Waals surface area contributed by atoms with Gasteiger partial charge in [-0.3, -0.25) is 9.88 Å². The van der Waals surface area contributed by atoms with Crippen LogP contribution in [-0.2, 0) is 6.54 Å². The van der Waals surface area contributed by atoms with Crippen molar-refractivity contribution in [3.63, 3.8) is 0 Å². The number of aromatic nitrogens is 1. The number of rotatable bonds is 2. The second kappa shape index (κ2) is 3.46. The van der Waals surface area contributed by atoms with Crippen LogP contribution in [0.15, 0.2) is 18.2 Å². The highest BCUT2D eigenvalue weighted by Gasteiger charge is 2.23. The fraction of sp³-hybridized carbons (Fsp3) is 0.545. The van der Waals surface area contributed by atoms with Gasteiger partial charge in [-0.15, -0.1) is 0 Å². The van der Waals surface area contributed by atoms with Crippen LogP contribution in [0.25, 0.3) is 0 Å². The zero-order chi connectivity index (χ0) is 9.26. The Bertz CT molecular complexity index is 296. The van der Waals surface area contributed by atoms with Crippen molar-refractivity contribution in [1.29, 1.82) is 0 Å². The van der Waals surface area contributed by atoms with Gasteiger partial charge in [0, 0.05) is 24.8 Å². The molecule has 1 fully saturated rings. The van der Waals surface area contributed by atoms with E-state index in [0.29, 0.717) is 0 Å². The molecule has 0 aromatic carbocycles. The first-order valence-corrected chi connectivity index (χ1v) is 4.92. The number of nitrogens with zero attached hydrogens (tertiary/aromatic N) is 2. The molecule has 0 aliphatic carbocycles. The predicted octanol–water partition coefficient (Wildman–Crippen LogP) is 1.98. The largest absolute Gasteiger partial charge is 0.295 e. The van der Waals surface area contributed by atoms with Gasteiger partial charge in [0.15, 0.2) is 0 Å². The summed E-state index contributed by atoms with van der Waals surface area (Å²) in [7, 11) is 0. The van der Waals surface area contributed by atoms with Crippen LogP contribution in [0.1, 0.15) is 24.7 Å². The third kappa shape index (κ3) is 1.89. The van der Waals surface area contributed by atoms with Gasteiger partial charge >= 0.3 is 0 Å². The van der Waals surface area contributed by atoms with Gasteiger partial charge in [0.2, 0.25) is 0 Å². The summed E-state index contributed by atoms with van der Waals surface area (Å²) in [6, 6.07) is 6.99. The molecule has 1 saturated heterocycles. The molecule has 0 spiro atoms. The van der Waals surface area contributed by atoms with E-state index in [1.165, 1.54) is 18.7 Å². The maximum atomic E-state index is 4.49. The number of likely N-dealkylation sites (tertiary alicyclic amines) is 1. The molecule has 1 aromatic heterocycles. The summed E-state index contributed by atoms with van der Waals surface area (Å²) in [5.74, 6) is 0. The van der Waals surface area contributed by atoms with E-state index < -0.39 is 0 Å². The topological polar surface area (TPSA) is 16.1 Å². The second-order valence-corrected chi connectivity index (χ2v) is 3.88. The normalized spacial score (nSPS) is 22.8. The Kier molecular flexibility index (Phi) is 2.32. The third-order valence-electron chi connectivity index (χ3n) is 2.77. The third-order valence-corrected chi connectivity index (χ3v) is 2.77. The molecule has 1 aromatic rings. The zero-order valence-corrected chi connectivity index (χ0v) is 8.33. The average Bonchev–Trinajstić information content (AvgIpc) is 2.12. The highest BCUT2D eigenvalue weighted by atomic mass is 15.2. The van der Waals surface area contributed by atoms with Gasteiger partial charge in [-0.1, -0.05) is 6.07 Å². The minimum absolute atomic E-state index is 0.752. The van der Waals surface area contributed by atoms with Gasteiger partial charge in [-0.05, 0) is 32.4 Å². The number of hydrogen-bond acceptors (Lipinski definition) is 2. The minimum atomic E-state index is 0.752. The van der Waals surface area contributed by atoms with Gasteiger partial charge in [0.1, 0.15) is 0 Å². The average molecular weight is 176 g/mol. The Balaban J connectivity index is 2.01. The summed E-state index contributed by atoms with van der Waals surface area (Å²) in [5, 5.41) is 0. The molecule has 0 saturated carbocycles. The van der Waals surface area contributed by atoms with Crippen molar-refractivity contribution in [2.45, 2.75) is 32.9 Å². The zero-order valence-electron chi connectivity index (χ0n) is 8.33. The van der Waals surface area contributed by atoms with Crippen molar-refractivity contribution >= 4 is 0 Å². The van der Waals surface area contributed by atoms with Crippen LogP contribution >= 0.6 is 0 Å². The second-order valence-electron chi connectivity index (χ2n) is 3.88. The van der Waals surface area contributed by atoms with Crippen LogP contribution in [0.5, 0.6) is 0 Å². The molecular formula is C11H16N2. The monoisotopic (exact) mass is 176 g/mol. The van der Waals surface area contributed by atoms with E-state index in [4.69, 9.17) is 0 Å². The Morgan fingerprint density at radius 3 is 2.92 bits per heavy atom. The molecule has 0 radical (unpaired) electrons. The molecule has 2 rings (SSSR count). The lowest BCUT2D eigenvalue weighted by atomic mass is 10.1. The lowest BCUT2D eigenvalue weighted by Crippen LogP contribution is -2.44. The summed E-state index contributed by atoms with van der Waals surface area (Å²) < 4.78 is 0. The molecule has 2 nitrogen and oxygen atoms in total. The van der Waals surface area contributed by atoms with E-state index >= 15 is 0 Å². The lowest BCUT2D eigenvalue weighted by molar-refractivity contribution is 0.0943. The molecule has 2 heterocycles. The van der Waals surface area contributed by atoms with E-state index in [9.17, 15) is 0 Å². The Labute approximate surface area is 79.6 Å². The van der Waals surface area contributed by atoms with Crippen molar-refractivity contribution in [3.8, 4) is 0 Å². The summed E-state index contributed by atoms with van der Waals surface area (Å²) in [6.45, 7) is 6.57. The van der Waals surface area contributed by atoms with Gasteiger partial charge in [0.25, 0.3) is 0 Å². The van der Waals surface area contributed by atoms with E-state index in [2.05, 4.69) is 28.9 Å². The molecule has 1 aliphatic rings. The molecule has 0 amide bonds. The van der Waals surface area contributed by atoms with Crippen LogP contribution in [0.2, 0.25) is 0 Å². The number of pyridine rings is 1. The van der Waals surface area contributed by atoms with Crippen LogP contribution in [-0.4, -0.2) is 22.5 Å². The van der Waals surface area contributed by atoms with E-state index in [-0.39, 0.29) is 0 Å². The van der Waals surface area contributed by atoms with Gasteiger partial charge in [0.05, 0.1) is 5.69 Å². The van der Waals surface area contributed by atoms with Crippen LogP contribution < -0.4 is 0 Å². The van der Waals surface area contributed by atoms with Gasteiger partial charge in [-0.25, -0.2) is 0 Å². The molecule has 1 atom stereocenters. The van der Waals surface area contributed by atoms with Crippen molar-refractivity contribution < 1.29 is 0 Å².